The van der Waals surface area contributed by atoms with Crippen LogP contribution in [0.15, 0.2) is 72.8 Å². The van der Waals surface area contributed by atoms with Crippen molar-refractivity contribution in [2.45, 2.75) is 44.6 Å². The summed E-state index contributed by atoms with van der Waals surface area (Å²) in [6.45, 7) is 0.547. The quantitative estimate of drug-likeness (QED) is 0.301. The summed E-state index contributed by atoms with van der Waals surface area (Å²) in [5.74, 6) is 0.132. The first kappa shape index (κ1) is 26.6. The van der Waals surface area contributed by atoms with E-state index in [-0.39, 0.29) is 23.0 Å². The highest BCUT2D eigenvalue weighted by atomic mass is 35.5. The van der Waals surface area contributed by atoms with Crippen LogP contribution in [0, 0.1) is 0 Å². The number of benzene rings is 3. The zero-order valence-corrected chi connectivity index (χ0v) is 22.0. The molecule has 0 atom stereocenters. The van der Waals surface area contributed by atoms with E-state index >= 15 is 0 Å². The van der Waals surface area contributed by atoms with Gasteiger partial charge >= 0.3 is 0 Å². The Balaban J connectivity index is 1.27. The zero-order chi connectivity index (χ0) is 26.0. The number of hydrogen-bond donors (Lipinski definition) is 3. The lowest BCUT2D eigenvalue weighted by Gasteiger charge is -2.23. The molecular weight excluding hydrogens is 506 g/mol. The maximum absolute atomic E-state index is 12.8. The van der Waals surface area contributed by atoms with Crippen molar-refractivity contribution >= 4 is 46.4 Å². The molecular formula is C29H30ClN3O3S. The third-order valence-corrected chi connectivity index (χ3v) is 6.79. The highest BCUT2D eigenvalue weighted by Crippen LogP contribution is 2.23. The maximum Gasteiger partial charge on any atom is 0.257 e. The fourth-order valence-electron chi connectivity index (χ4n) is 4.26. The van der Waals surface area contributed by atoms with Gasteiger partial charge in [-0.3, -0.25) is 14.9 Å². The van der Waals surface area contributed by atoms with E-state index < -0.39 is 0 Å². The van der Waals surface area contributed by atoms with E-state index in [0.29, 0.717) is 34.2 Å². The van der Waals surface area contributed by atoms with E-state index in [0.717, 1.165) is 32.1 Å². The van der Waals surface area contributed by atoms with Crippen LogP contribution in [0.25, 0.3) is 0 Å². The molecule has 2 amide bonds. The SMILES string of the molecule is O=C(NC(=S)Nc1ccc(Cl)c(C(=O)NC2CCCCC2)c1)c1ccc(OCCc2ccccc2)cc1. The summed E-state index contributed by atoms with van der Waals surface area (Å²) in [6, 6.07) is 22.2. The molecule has 3 aromatic carbocycles. The summed E-state index contributed by atoms with van der Waals surface area (Å²) in [5, 5.41) is 9.18. The van der Waals surface area contributed by atoms with Crippen molar-refractivity contribution in [3.05, 3.63) is 94.5 Å². The number of halogens is 1. The summed E-state index contributed by atoms with van der Waals surface area (Å²) in [7, 11) is 0. The summed E-state index contributed by atoms with van der Waals surface area (Å²) in [5.41, 5.74) is 2.58. The van der Waals surface area contributed by atoms with Gasteiger partial charge in [-0.25, -0.2) is 0 Å². The minimum atomic E-state index is -0.349. The number of carbonyl (C=O) groups is 2. The van der Waals surface area contributed by atoms with Crippen LogP contribution in [0.5, 0.6) is 5.75 Å². The standard InChI is InChI=1S/C29H30ClN3O3S/c30-26-16-13-23(19-25(26)28(35)31-22-9-5-2-6-10-22)32-29(37)33-27(34)21-11-14-24(15-12-21)36-18-17-20-7-3-1-4-8-20/h1,3-4,7-8,11-16,19,22H,2,5-6,9-10,17-18H2,(H,31,35)(H2,32,33,34,37). The Bertz CT molecular complexity index is 1230. The molecule has 1 aliphatic rings. The zero-order valence-electron chi connectivity index (χ0n) is 20.5. The molecule has 0 saturated heterocycles. The van der Waals surface area contributed by atoms with Crippen LogP contribution < -0.4 is 20.7 Å². The van der Waals surface area contributed by atoms with Crippen LogP contribution in [0.4, 0.5) is 5.69 Å². The molecule has 0 unspecified atom stereocenters. The van der Waals surface area contributed by atoms with Crippen LogP contribution in [-0.4, -0.2) is 29.6 Å². The molecule has 3 aromatic rings. The van der Waals surface area contributed by atoms with Gasteiger partial charge in [0.15, 0.2) is 5.11 Å². The summed E-state index contributed by atoms with van der Waals surface area (Å²) < 4.78 is 5.78. The van der Waals surface area contributed by atoms with Crippen molar-refractivity contribution in [3.63, 3.8) is 0 Å². The second kappa shape index (κ2) is 13.2. The van der Waals surface area contributed by atoms with Gasteiger partial charge in [-0.15, -0.1) is 0 Å². The normalized spacial score (nSPS) is 13.4. The second-order valence-electron chi connectivity index (χ2n) is 9.02. The molecule has 6 nitrogen and oxygen atoms in total. The molecule has 1 saturated carbocycles. The van der Waals surface area contributed by atoms with Crippen molar-refractivity contribution in [2.75, 3.05) is 11.9 Å². The molecule has 0 heterocycles. The number of amides is 2. The molecule has 1 fully saturated rings. The molecule has 192 valence electrons. The number of nitrogens with one attached hydrogen (secondary N) is 3. The lowest BCUT2D eigenvalue weighted by Crippen LogP contribution is -2.36. The molecule has 8 heteroatoms. The Morgan fingerprint density at radius 3 is 2.38 bits per heavy atom. The van der Waals surface area contributed by atoms with Gasteiger partial charge in [0.25, 0.3) is 11.8 Å². The number of anilines is 1. The number of hydrogen-bond acceptors (Lipinski definition) is 4. The van der Waals surface area contributed by atoms with E-state index in [2.05, 4.69) is 28.1 Å². The predicted molar refractivity (Wildman–Crippen MR) is 152 cm³/mol. The lowest BCUT2D eigenvalue weighted by atomic mass is 9.95. The number of rotatable bonds is 8. The minimum absolute atomic E-state index is 0.120. The van der Waals surface area contributed by atoms with Crippen molar-refractivity contribution in [1.29, 1.82) is 0 Å². The van der Waals surface area contributed by atoms with Gasteiger partial charge in [-0.05, 0) is 73.1 Å². The van der Waals surface area contributed by atoms with E-state index in [1.807, 2.05) is 18.2 Å². The monoisotopic (exact) mass is 535 g/mol. The number of carbonyl (C=O) groups excluding carboxylic acids is 2. The summed E-state index contributed by atoms with van der Waals surface area (Å²) >= 11 is 11.6. The van der Waals surface area contributed by atoms with Crippen LogP contribution in [-0.2, 0) is 6.42 Å². The molecule has 0 aromatic heterocycles. The third-order valence-electron chi connectivity index (χ3n) is 6.26. The maximum atomic E-state index is 12.8. The van der Waals surface area contributed by atoms with Crippen molar-refractivity contribution in [2.24, 2.45) is 0 Å². The Labute approximate surface area is 227 Å². The smallest absolute Gasteiger partial charge is 0.257 e. The predicted octanol–water partition coefficient (Wildman–Crippen LogP) is 6.15. The minimum Gasteiger partial charge on any atom is -0.493 e. The van der Waals surface area contributed by atoms with Crippen LogP contribution in [0.3, 0.4) is 0 Å². The van der Waals surface area contributed by atoms with E-state index in [4.69, 9.17) is 28.6 Å². The molecule has 37 heavy (non-hydrogen) atoms. The first-order valence-electron chi connectivity index (χ1n) is 12.5. The average molecular weight is 536 g/mol. The fourth-order valence-corrected chi connectivity index (χ4v) is 4.67. The van der Waals surface area contributed by atoms with Crippen molar-refractivity contribution in [3.8, 4) is 5.75 Å². The highest BCUT2D eigenvalue weighted by molar-refractivity contribution is 7.80. The largest absolute Gasteiger partial charge is 0.493 e. The van der Waals surface area contributed by atoms with Gasteiger partial charge in [-0.2, -0.15) is 0 Å². The topological polar surface area (TPSA) is 79.5 Å². The third kappa shape index (κ3) is 8.03. The second-order valence-corrected chi connectivity index (χ2v) is 9.84. The molecule has 3 N–H and O–H groups in total. The van der Waals surface area contributed by atoms with Crippen molar-refractivity contribution < 1.29 is 14.3 Å². The van der Waals surface area contributed by atoms with Crippen LogP contribution >= 0.6 is 23.8 Å². The Hall–Kier alpha value is -3.42. The average Bonchev–Trinajstić information content (AvgIpc) is 2.91. The summed E-state index contributed by atoms with van der Waals surface area (Å²) in [6.07, 6.45) is 6.23. The number of ether oxygens (including phenoxy) is 1. The van der Waals surface area contributed by atoms with E-state index in [1.165, 1.54) is 12.0 Å². The van der Waals surface area contributed by atoms with Gasteiger partial charge in [-0.1, -0.05) is 61.2 Å². The van der Waals surface area contributed by atoms with Crippen molar-refractivity contribution in [1.82, 2.24) is 10.6 Å². The molecule has 0 aliphatic heterocycles. The fraction of sp³-hybridized carbons (Fsp3) is 0.276. The van der Waals surface area contributed by atoms with Gasteiger partial charge in [0, 0.05) is 23.7 Å². The first-order chi connectivity index (χ1) is 18.0. The highest BCUT2D eigenvalue weighted by Gasteiger charge is 2.19. The first-order valence-corrected chi connectivity index (χ1v) is 13.3. The molecule has 0 bridgehead atoms. The Kier molecular flexibility index (Phi) is 9.52. The van der Waals surface area contributed by atoms with Gasteiger partial charge in [0.1, 0.15) is 5.75 Å². The Morgan fingerprint density at radius 2 is 1.65 bits per heavy atom. The van der Waals surface area contributed by atoms with Gasteiger partial charge in [0.2, 0.25) is 0 Å². The Morgan fingerprint density at radius 1 is 0.919 bits per heavy atom. The van der Waals surface area contributed by atoms with Gasteiger partial charge < -0.3 is 15.4 Å². The molecule has 0 spiro atoms. The summed E-state index contributed by atoms with van der Waals surface area (Å²) in [4.78, 5) is 25.4. The van der Waals surface area contributed by atoms with E-state index in [1.54, 1.807) is 42.5 Å². The molecule has 0 radical (unpaired) electrons. The molecule has 1 aliphatic carbocycles. The van der Waals surface area contributed by atoms with Gasteiger partial charge in [0.05, 0.1) is 17.2 Å². The number of thiocarbonyl (C=S) groups is 1. The lowest BCUT2D eigenvalue weighted by molar-refractivity contribution is 0.0926. The van der Waals surface area contributed by atoms with E-state index in [9.17, 15) is 9.59 Å². The molecule has 4 rings (SSSR count). The van der Waals surface area contributed by atoms with Crippen LogP contribution in [0.1, 0.15) is 58.4 Å². The van der Waals surface area contributed by atoms with Crippen LogP contribution in [0.2, 0.25) is 5.02 Å².